The van der Waals surface area contributed by atoms with Gasteiger partial charge in [0, 0.05) is 0 Å². The molecule has 0 saturated heterocycles. The van der Waals surface area contributed by atoms with Crippen LogP contribution in [0.15, 0.2) is 0 Å². The number of carbonyl (C=O) groups is 2. The fourth-order valence-electron chi connectivity index (χ4n) is 0.0417. The molecule has 0 rings (SSSR count). The predicted molar refractivity (Wildman–Crippen MR) is 11.1 cm³/mol. The van der Waals surface area contributed by atoms with Gasteiger partial charge in [-0.2, -0.15) is 0 Å². The van der Waals surface area contributed by atoms with Crippen molar-refractivity contribution in [2.45, 2.75) is 0 Å². The summed E-state index contributed by atoms with van der Waals surface area (Å²) >= 11 is 0.970. The zero-order valence-corrected chi connectivity index (χ0v) is 5.69. The monoisotopic (exact) mass is 143 g/mol. The van der Waals surface area contributed by atoms with Crippen molar-refractivity contribution in [1.29, 1.82) is 0 Å². The minimum atomic E-state index is -1.82. The molecular formula is C2LiO4Ti. The quantitative estimate of drug-likeness (QED) is 0.251. The van der Waals surface area contributed by atoms with Crippen LogP contribution in [0.2, 0.25) is 0 Å². The first-order chi connectivity index (χ1) is 3.18. The summed E-state index contributed by atoms with van der Waals surface area (Å²) in [5.74, 6) is -3.16. The van der Waals surface area contributed by atoms with Gasteiger partial charge >= 0.3 is 69.6 Å². The van der Waals surface area contributed by atoms with Gasteiger partial charge in [0.05, 0.1) is 0 Å². The molecule has 0 aliphatic carbocycles. The molecular weight excluding hydrogens is 143 g/mol. The molecule has 4 nitrogen and oxygen atoms in total. The van der Waals surface area contributed by atoms with Gasteiger partial charge in [-0.05, 0) is 0 Å². The minimum Gasteiger partial charge on any atom is 1.00 e. The van der Waals surface area contributed by atoms with Gasteiger partial charge in [0.2, 0.25) is 0 Å². The molecule has 0 saturated carbocycles. The van der Waals surface area contributed by atoms with Crippen LogP contribution >= 0.6 is 0 Å². The maximum atomic E-state index is 9.63. The Kier molecular flexibility index (Phi) is 7.48. The average molecular weight is 143 g/mol. The molecule has 0 spiro atoms. The summed E-state index contributed by atoms with van der Waals surface area (Å²) in [6, 6.07) is 0. The van der Waals surface area contributed by atoms with Crippen LogP contribution in [0.5, 0.6) is 0 Å². The van der Waals surface area contributed by atoms with Crippen LogP contribution in [0.4, 0.5) is 0 Å². The molecule has 0 aliphatic heterocycles. The molecule has 0 aliphatic rings. The molecule has 0 bridgehead atoms. The molecule has 0 heterocycles. The molecule has 0 N–H and O–H groups in total. The third kappa shape index (κ3) is 4.41. The van der Waals surface area contributed by atoms with Crippen LogP contribution in [-0.2, 0) is 33.7 Å². The largest absolute Gasteiger partial charge is 1.00 e. The van der Waals surface area contributed by atoms with Crippen LogP contribution < -0.4 is 24.0 Å². The Morgan fingerprint density at radius 2 is 1.88 bits per heavy atom. The topological polar surface area (TPSA) is 66.4 Å². The van der Waals surface area contributed by atoms with Gasteiger partial charge < -0.3 is 0 Å². The van der Waals surface area contributed by atoms with E-state index in [0.717, 1.165) is 20.8 Å². The summed E-state index contributed by atoms with van der Waals surface area (Å²) in [4.78, 5) is 19.0. The van der Waals surface area contributed by atoms with Crippen molar-refractivity contribution < 1.29 is 57.7 Å². The summed E-state index contributed by atoms with van der Waals surface area (Å²) in [6.07, 6.45) is 0. The second kappa shape index (κ2) is 5.39. The number of hydrogen-bond acceptors (Lipinski definition) is 4. The summed E-state index contributed by atoms with van der Waals surface area (Å²) in [7, 11) is 0. The fourth-order valence-corrected chi connectivity index (χ4v) is 0.172. The number of hydrogen-bond donors (Lipinski definition) is 0. The van der Waals surface area contributed by atoms with Gasteiger partial charge in [-0.15, -0.1) is 0 Å². The van der Waals surface area contributed by atoms with Crippen molar-refractivity contribution in [2.24, 2.45) is 0 Å². The SMILES string of the molecule is O=C([O-])C(=O)[O][Ti].[Li+]. The average Bonchev–Trinajstić information content (AvgIpc) is 1.65. The molecule has 0 fully saturated rings. The Morgan fingerprint density at radius 1 is 1.50 bits per heavy atom. The van der Waals surface area contributed by atoms with Crippen LogP contribution in [0, 0.1) is 0 Å². The summed E-state index contributed by atoms with van der Waals surface area (Å²) in [5.41, 5.74) is 0. The first-order valence-corrected chi connectivity index (χ1v) is 1.91. The molecule has 0 unspecified atom stereocenters. The van der Waals surface area contributed by atoms with Crippen molar-refractivity contribution in [1.82, 2.24) is 0 Å². The zero-order chi connectivity index (χ0) is 5.86. The van der Waals surface area contributed by atoms with Crippen molar-refractivity contribution >= 4 is 11.9 Å². The van der Waals surface area contributed by atoms with Gasteiger partial charge in [0.15, 0.2) is 0 Å². The van der Waals surface area contributed by atoms with Crippen molar-refractivity contribution in [3.05, 3.63) is 0 Å². The fraction of sp³-hybridized carbons (Fsp3) is 0. The van der Waals surface area contributed by atoms with Crippen molar-refractivity contribution in [3.8, 4) is 0 Å². The normalized spacial score (nSPS) is 6.38. The molecule has 0 aromatic carbocycles. The van der Waals surface area contributed by atoms with Crippen LogP contribution in [0.1, 0.15) is 0 Å². The Labute approximate surface area is 69.6 Å². The van der Waals surface area contributed by atoms with E-state index in [-0.39, 0.29) is 18.9 Å². The maximum absolute atomic E-state index is 9.63. The minimum absolute atomic E-state index is 0. The number of carboxylic acid groups (broad SMARTS) is 1. The van der Waals surface area contributed by atoms with Crippen molar-refractivity contribution in [3.63, 3.8) is 0 Å². The van der Waals surface area contributed by atoms with E-state index in [1.807, 2.05) is 0 Å². The first-order valence-electron chi connectivity index (χ1n) is 1.27. The molecule has 0 atom stereocenters. The van der Waals surface area contributed by atoms with Gasteiger partial charge in [0.25, 0.3) is 0 Å². The first kappa shape index (κ1) is 11.1. The Bertz CT molecular complexity index is 102. The maximum Gasteiger partial charge on any atom is 1.00 e. The van der Waals surface area contributed by atoms with E-state index in [4.69, 9.17) is 0 Å². The third-order valence-electron chi connectivity index (χ3n) is 0.259. The molecule has 0 aromatic rings. The summed E-state index contributed by atoms with van der Waals surface area (Å²) in [5, 5.41) is 9.34. The number of rotatable bonds is 0. The van der Waals surface area contributed by atoms with E-state index in [2.05, 4.69) is 3.32 Å². The van der Waals surface area contributed by atoms with Crippen LogP contribution in [0.25, 0.3) is 0 Å². The van der Waals surface area contributed by atoms with Crippen LogP contribution in [0.3, 0.4) is 0 Å². The molecule has 6 heteroatoms. The number of carbonyl (C=O) groups excluding carboxylic acids is 2. The molecule has 8 heavy (non-hydrogen) atoms. The second-order valence-electron chi connectivity index (χ2n) is 0.677. The predicted octanol–water partition coefficient (Wildman–Crippen LogP) is -5.25. The Morgan fingerprint density at radius 3 is 1.88 bits per heavy atom. The molecule has 0 amide bonds. The number of carboxylic acids is 1. The van der Waals surface area contributed by atoms with Gasteiger partial charge in [0.1, 0.15) is 0 Å². The number of aliphatic carboxylic acids is 1. The van der Waals surface area contributed by atoms with E-state index in [1.54, 1.807) is 0 Å². The van der Waals surface area contributed by atoms with Crippen molar-refractivity contribution in [2.75, 3.05) is 0 Å². The smallest absolute Gasteiger partial charge is 1.00 e. The zero-order valence-electron chi connectivity index (χ0n) is 4.13. The Hall–Kier alpha value is 0.252. The third-order valence-corrected chi connectivity index (χ3v) is 0.549. The van der Waals surface area contributed by atoms with Gasteiger partial charge in [-0.25, -0.2) is 0 Å². The standard InChI is InChI=1S/C2H2O4.Li.Ti/c3-1(4)2(5)6;;/h(H,3,4)(H,5,6);;/q;2*+1/p-2. The second-order valence-corrected chi connectivity index (χ2v) is 0.996. The van der Waals surface area contributed by atoms with E-state index in [1.165, 1.54) is 0 Å². The Balaban J connectivity index is 0. The van der Waals surface area contributed by atoms with Gasteiger partial charge in [-0.3, -0.25) is 0 Å². The molecule has 37 valence electrons. The van der Waals surface area contributed by atoms with E-state index < -0.39 is 11.9 Å². The van der Waals surface area contributed by atoms with E-state index in [9.17, 15) is 14.7 Å². The molecule has 0 aromatic heterocycles. The van der Waals surface area contributed by atoms with Gasteiger partial charge in [-0.1, -0.05) is 0 Å². The summed E-state index contributed by atoms with van der Waals surface area (Å²) in [6.45, 7) is 0. The van der Waals surface area contributed by atoms with Crippen LogP contribution in [-0.4, -0.2) is 11.9 Å². The van der Waals surface area contributed by atoms with E-state index in [0.29, 0.717) is 0 Å². The summed E-state index contributed by atoms with van der Waals surface area (Å²) < 4.78 is 3.71. The van der Waals surface area contributed by atoms with E-state index >= 15 is 0 Å². The molecule has 0 radical (unpaired) electrons.